The van der Waals surface area contributed by atoms with Gasteiger partial charge in [0.15, 0.2) is 0 Å². The van der Waals surface area contributed by atoms with Crippen LogP contribution in [0.1, 0.15) is 33.1 Å². The Hall–Kier alpha value is -0.0500. The molecule has 0 heterocycles. The van der Waals surface area contributed by atoms with E-state index in [1.807, 2.05) is 6.92 Å². The highest BCUT2D eigenvalue weighted by molar-refractivity contribution is 9.09. The molecular formula is C8H16BrNO. The van der Waals surface area contributed by atoms with Crippen molar-refractivity contribution in [3.05, 3.63) is 0 Å². The Labute approximate surface area is 76.9 Å². The predicted octanol–water partition coefficient (Wildman–Crippen LogP) is 2.08. The quantitative estimate of drug-likeness (QED) is 0.560. The molecule has 0 rings (SSSR count). The van der Waals surface area contributed by atoms with Crippen LogP contribution >= 0.6 is 15.9 Å². The molecule has 0 aliphatic rings. The summed E-state index contributed by atoms with van der Waals surface area (Å²) in [5.41, 5.74) is 0. The maximum absolute atomic E-state index is 10.7. The van der Waals surface area contributed by atoms with Crippen LogP contribution < -0.4 is 5.32 Å². The molecule has 1 N–H and O–H groups in total. The SMILES string of the molecule is CCC(=O)NCCCC(C)Br. The van der Waals surface area contributed by atoms with E-state index in [1.165, 1.54) is 0 Å². The number of hydrogen-bond donors (Lipinski definition) is 1. The summed E-state index contributed by atoms with van der Waals surface area (Å²) >= 11 is 3.45. The number of alkyl halides is 1. The van der Waals surface area contributed by atoms with Crippen molar-refractivity contribution in [2.75, 3.05) is 6.54 Å². The van der Waals surface area contributed by atoms with E-state index in [2.05, 4.69) is 28.2 Å². The van der Waals surface area contributed by atoms with E-state index in [0.717, 1.165) is 19.4 Å². The van der Waals surface area contributed by atoms with Gasteiger partial charge < -0.3 is 5.32 Å². The molecule has 0 bridgehead atoms. The maximum atomic E-state index is 10.7. The van der Waals surface area contributed by atoms with Crippen molar-refractivity contribution in [2.24, 2.45) is 0 Å². The summed E-state index contributed by atoms with van der Waals surface area (Å²) < 4.78 is 0. The summed E-state index contributed by atoms with van der Waals surface area (Å²) in [6.07, 6.45) is 2.76. The van der Waals surface area contributed by atoms with Gasteiger partial charge in [0.2, 0.25) is 5.91 Å². The first-order chi connectivity index (χ1) is 5.16. The fourth-order valence-electron chi connectivity index (χ4n) is 0.736. The Kier molecular flexibility index (Phi) is 6.62. The molecule has 3 heteroatoms. The van der Waals surface area contributed by atoms with Crippen LogP contribution in [0.5, 0.6) is 0 Å². The largest absolute Gasteiger partial charge is 0.356 e. The van der Waals surface area contributed by atoms with Gasteiger partial charge in [0, 0.05) is 17.8 Å². The van der Waals surface area contributed by atoms with Crippen LogP contribution in [-0.2, 0) is 4.79 Å². The molecule has 0 aromatic heterocycles. The zero-order valence-electron chi connectivity index (χ0n) is 7.19. The highest BCUT2D eigenvalue weighted by atomic mass is 79.9. The Morgan fingerprint density at radius 1 is 1.64 bits per heavy atom. The highest BCUT2D eigenvalue weighted by Gasteiger charge is 1.97. The van der Waals surface area contributed by atoms with Gasteiger partial charge in [0.05, 0.1) is 0 Å². The number of carbonyl (C=O) groups is 1. The zero-order valence-corrected chi connectivity index (χ0v) is 8.78. The third kappa shape index (κ3) is 7.85. The van der Waals surface area contributed by atoms with Crippen molar-refractivity contribution in [1.29, 1.82) is 0 Å². The predicted molar refractivity (Wildman–Crippen MR) is 50.9 cm³/mol. The molecule has 0 aromatic rings. The molecular weight excluding hydrogens is 206 g/mol. The Morgan fingerprint density at radius 3 is 2.73 bits per heavy atom. The molecule has 1 atom stereocenters. The summed E-state index contributed by atoms with van der Waals surface area (Å²) in [6, 6.07) is 0. The maximum Gasteiger partial charge on any atom is 0.219 e. The summed E-state index contributed by atoms with van der Waals surface area (Å²) in [5, 5.41) is 2.83. The first kappa shape index (κ1) is 11.0. The molecule has 0 saturated carbocycles. The molecule has 1 unspecified atom stereocenters. The lowest BCUT2D eigenvalue weighted by Gasteiger charge is -2.03. The van der Waals surface area contributed by atoms with Crippen LogP contribution in [0.4, 0.5) is 0 Å². The molecule has 2 nitrogen and oxygen atoms in total. The highest BCUT2D eigenvalue weighted by Crippen LogP contribution is 2.04. The van der Waals surface area contributed by atoms with E-state index in [4.69, 9.17) is 0 Å². The third-order valence-electron chi connectivity index (χ3n) is 1.42. The molecule has 0 saturated heterocycles. The van der Waals surface area contributed by atoms with Gasteiger partial charge in [-0.05, 0) is 12.8 Å². The normalized spacial score (nSPS) is 12.6. The monoisotopic (exact) mass is 221 g/mol. The fourth-order valence-corrected chi connectivity index (χ4v) is 1.06. The first-order valence-electron chi connectivity index (χ1n) is 4.07. The van der Waals surface area contributed by atoms with Crippen LogP contribution in [-0.4, -0.2) is 17.3 Å². The van der Waals surface area contributed by atoms with Crippen LogP contribution in [0.25, 0.3) is 0 Å². The molecule has 0 aliphatic carbocycles. The molecule has 66 valence electrons. The topological polar surface area (TPSA) is 29.1 Å². The van der Waals surface area contributed by atoms with E-state index < -0.39 is 0 Å². The summed E-state index contributed by atoms with van der Waals surface area (Å²) in [6.45, 7) is 4.78. The first-order valence-corrected chi connectivity index (χ1v) is 4.99. The lowest BCUT2D eigenvalue weighted by atomic mass is 10.2. The van der Waals surface area contributed by atoms with Gasteiger partial charge in [-0.2, -0.15) is 0 Å². The van der Waals surface area contributed by atoms with Crippen molar-refractivity contribution in [3.8, 4) is 0 Å². The minimum Gasteiger partial charge on any atom is -0.356 e. The molecule has 0 fully saturated rings. The number of hydrogen-bond acceptors (Lipinski definition) is 1. The van der Waals surface area contributed by atoms with E-state index in [9.17, 15) is 4.79 Å². The molecule has 0 spiro atoms. The van der Waals surface area contributed by atoms with Crippen LogP contribution in [0.3, 0.4) is 0 Å². The lowest BCUT2D eigenvalue weighted by molar-refractivity contribution is -0.120. The van der Waals surface area contributed by atoms with Crippen molar-refractivity contribution < 1.29 is 4.79 Å². The fraction of sp³-hybridized carbons (Fsp3) is 0.875. The molecule has 11 heavy (non-hydrogen) atoms. The average molecular weight is 222 g/mol. The van der Waals surface area contributed by atoms with Crippen LogP contribution in [0, 0.1) is 0 Å². The summed E-state index contributed by atoms with van der Waals surface area (Å²) in [7, 11) is 0. The third-order valence-corrected chi connectivity index (χ3v) is 1.88. The second-order valence-electron chi connectivity index (χ2n) is 2.63. The van der Waals surface area contributed by atoms with Gasteiger partial charge in [0.1, 0.15) is 0 Å². The molecule has 1 amide bonds. The molecule has 0 aromatic carbocycles. The Balaban J connectivity index is 3.08. The van der Waals surface area contributed by atoms with Crippen molar-refractivity contribution in [2.45, 2.75) is 37.9 Å². The van der Waals surface area contributed by atoms with Gasteiger partial charge in [-0.25, -0.2) is 0 Å². The minimum atomic E-state index is 0.146. The Bertz CT molecular complexity index is 115. The van der Waals surface area contributed by atoms with E-state index >= 15 is 0 Å². The van der Waals surface area contributed by atoms with Gasteiger partial charge in [-0.3, -0.25) is 4.79 Å². The van der Waals surface area contributed by atoms with Crippen molar-refractivity contribution in [3.63, 3.8) is 0 Å². The van der Waals surface area contributed by atoms with Crippen LogP contribution in [0.15, 0.2) is 0 Å². The second kappa shape index (κ2) is 6.65. The average Bonchev–Trinajstić information content (AvgIpc) is 1.97. The number of nitrogens with one attached hydrogen (secondary N) is 1. The number of amides is 1. The zero-order chi connectivity index (χ0) is 8.69. The number of carbonyl (C=O) groups excluding carboxylic acids is 1. The summed E-state index contributed by atoms with van der Waals surface area (Å²) in [5.74, 6) is 0.146. The van der Waals surface area contributed by atoms with Crippen molar-refractivity contribution in [1.82, 2.24) is 5.32 Å². The minimum absolute atomic E-state index is 0.146. The second-order valence-corrected chi connectivity index (χ2v) is 4.19. The van der Waals surface area contributed by atoms with E-state index in [0.29, 0.717) is 11.2 Å². The molecule has 0 aliphatic heterocycles. The van der Waals surface area contributed by atoms with Gasteiger partial charge in [-0.15, -0.1) is 0 Å². The Morgan fingerprint density at radius 2 is 2.27 bits per heavy atom. The van der Waals surface area contributed by atoms with E-state index in [1.54, 1.807) is 0 Å². The van der Waals surface area contributed by atoms with Gasteiger partial charge in [0.25, 0.3) is 0 Å². The number of rotatable bonds is 5. The lowest BCUT2D eigenvalue weighted by Crippen LogP contribution is -2.23. The van der Waals surface area contributed by atoms with Gasteiger partial charge >= 0.3 is 0 Å². The van der Waals surface area contributed by atoms with Crippen molar-refractivity contribution >= 4 is 21.8 Å². The number of halogens is 1. The van der Waals surface area contributed by atoms with Gasteiger partial charge in [-0.1, -0.05) is 29.8 Å². The summed E-state index contributed by atoms with van der Waals surface area (Å²) in [4.78, 5) is 11.3. The molecule has 0 radical (unpaired) electrons. The van der Waals surface area contributed by atoms with Crippen LogP contribution in [0.2, 0.25) is 0 Å². The standard InChI is InChI=1S/C8H16BrNO/c1-3-8(11)10-6-4-5-7(2)9/h7H,3-6H2,1-2H3,(H,10,11). The van der Waals surface area contributed by atoms with E-state index in [-0.39, 0.29) is 5.91 Å². The smallest absolute Gasteiger partial charge is 0.219 e.